The number of halogens is 2. The van der Waals surface area contributed by atoms with Crippen LogP contribution in [-0.2, 0) is 11.2 Å². The first-order chi connectivity index (χ1) is 13.0. The lowest BCUT2D eigenvalue weighted by Crippen LogP contribution is -1.89. The number of benzene rings is 1. The molecule has 4 heteroatoms. The van der Waals surface area contributed by atoms with E-state index in [1.54, 1.807) is 0 Å². The SMILES string of the molecule is C=CC(=O)O.C=Cc1c(Br)cc(CCCCCCCCCCCC)cc1Br. The fourth-order valence-electron chi connectivity index (χ4n) is 2.79. The summed E-state index contributed by atoms with van der Waals surface area (Å²) < 4.78 is 2.28. The molecule has 0 radical (unpaired) electrons. The predicted octanol–water partition coefficient (Wildman–Crippen LogP) is 8.58. The van der Waals surface area contributed by atoms with Gasteiger partial charge in [0, 0.05) is 20.6 Å². The van der Waals surface area contributed by atoms with E-state index in [0.717, 1.165) is 20.6 Å². The van der Waals surface area contributed by atoms with Gasteiger partial charge in [-0.05, 0) is 30.5 Å². The van der Waals surface area contributed by atoms with Crippen molar-refractivity contribution in [2.75, 3.05) is 0 Å². The molecule has 0 fully saturated rings. The van der Waals surface area contributed by atoms with Gasteiger partial charge in [0.05, 0.1) is 0 Å². The molecule has 27 heavy (non-hydrogen) atoms. The largest absolute Gasteiger partial charge is 0.478 e. The second-order valence-corrected chi connectivity index (χ2v) is 8.36. The van der Waals surface area contributed by atoms with E-state index in [0.29, 0.717) is 0 Å². The predicted molar refractivity (Wildman–Crippen MR) is 125 cm³/mol. The summed E-state index contributed by atoms with van der Waals surface area (Å²) in [4.78, 5) is 9.25. The highest BCUT2D eigenvalue weighted by Crippen LogP contribution is 2.29. The van der Waals surface area contributed by atoms with Crippen molar-refractivity contribution in [1.29, 1.82) is 0 Å². The number of unbranched alkanes of at least 4 members (excludes halogenated alkanes) is 9. The van der Waals surface area contributed by atoms with E-state index in [2.05, 4.69) is 64.1 Å². The molecule has 0 saturated heterocycles. The number of carboxylic acid groups (broad SMARTS) is 1. The molecule has 0 bridgehead atoms. The summed E-state index contributed by atoms with van der Waals surface area (Å²) in [7, 11) is 0. The highest BCUT2D eigenvalue weighted by Gasteiger charge is 2.04. The number of carboxylic acids is 1. The first-order valence-electron chi connectivity index (χ1n) is 9.91. The lowest BCUT2D eigenvalue weighted by atomic mass is 10.0. The third-order valence-electron chi connectivity index (χ3n) is 4.34. The summed E-state index contributed by atoms with van der Waals surface area (Å²) in [6.45, 7) is 9.09. The van der Waals surface area contributed by atoms with Crippen LogP contribution in [0.4, 0.5) is 0 Å². The van der Waals surface area contributed by atoms with Crippen LogP contribution in [0.5, 0.6) is 0 Å². The summed E-state index contributed by atoms with van der Waals surface area (Å²) in [5, 5.41) is 7.60. The summed E-state index contributed by atoms with van der Waals surface area (Å²) >= 11 is 7.25. The molecule has 0 aliphatic rings. The second kappa shape index (κ2) is 17.2. The number of aryl methyl sites for hydroxylation is 1. The van der Waals surface area contributed by atoms with Crippen LogP contribution in [0.3, 0.4) is 0 Å². The van der Waals surface area contributed by atoms with Crippen molar-refractivity contribution in [3.05, 3.63) is 51.4 Å². The first kappa shape index (κ1) is 26.1. The molecular weight excluding hydrogens is 468 g/mol. The molecule has 1 rings (SSSR count). The summed E-state index contributed by atoms with van der Waals surface area (Å²) in [5.74, 6) is -0.981. The molecular formula is C23H34Br2O2. The smallest absolute Gasteiger partial charge is 0.327 e. The quantitative estimate of drug-likeness (QED) is 0.217. The molecule has 0 aliphatic carbocycles. The standard InChI is InChI=1S/C20H30Br2.C3H4O2/c1-3-5-6-7-8-9-10-11-12-13-14-17-15-19(21)18(4-2)20(22)16-17;1-2-3(4)5/h4,15-16H,2-3,5-14H2,1H3;2H,1H2,(H,4,5). The fraction of sp³-hybridized carbons (Fsp3) is 0.522. The molecule has 0 spiro atoms. The van der Waals surface area contributed by atoms with E-state index in [4.69, 9.17) is 5.11 Å². The molecule has 0 atom stereocenters. The maximum Gasteiger partial charge on any atom is 0.327 e. The van der Waals surface area contributed by atoms with Gasteiger partial charge in [0.25, 0.3) is 0 Å². The van der Waals surface area contributed by atoms with Crippen LogP contribution >= 0.6 is 31.9 Å². The molecule has 0 amide bonds. The van der Waals surface area contributed by atoms with Gasteiger partial charge in [0.1, 0.15) is 0 Å². The minimum atomic E-state index is -0.981. The number of rotatable bonds is 13. The van der Waals surface area contributed by atoms with E-state index < -0.39 is 5.97 Å². The number of carbonyl (C=O) groups is 1. The van der Waals surface area contributed by atoms with E-state index in [-0.39, 0.29) is 0 Å². The van der Waals surface area contributed by atoms with Crippen molar-refractivity contribution in [2.45, 2.75) is 77.6 Å². The molecule has 0 aromatic heterocycles. The van der Waals surface area contributed by atoms with Crippen LogP contribution in [0.1, 0.15) is 82.3 Å². The molecule has 0 heterocycles. The Morgan fingerprint density at radius 3 is 1.70 bits per heavy atom. The van der Waals surface area contributed by atoms with Crippen LogP contribution in [0, 0.1) is 0 Å². The van der Waals surface area contributed by atoms with Gasteiger partial charge < -0.3 is 5.11 Å². The van der Waals surface area contributed by atoms with Crippen LogP contribution in [-0.4, -0.2) is 11.1 Å². The minimum absolute atomic E-state index is 0.833. The highest BCUT2D eigenvalue weighted by molar-refractivity contribution is 9.11. The summed E-state index contributed by atoms with van der Waals surface area (Å²) in [6, 6.07) is 4.46. The maximum absolute atomic E-state index is 9.25. The third-order valence-corrected chi connectivity index (χ3v) is 5.65. The zero-order valence-electron chi connectivity index (χ0n) is 16.6. The Morgan fingerprint density at radius 2 is 1.33 bits per heavy atom. The molecule has 1 aromatic rings. The maximum atomic E-state index is 9.25. The van der Waals surface area contributed by atoms with Crippen molar-refractivity contribution in [3.63, 3.8) is 0 Å². The Bertz CT molecular complexity index is 544. The zero-order valence-corrected chi connectivity index (χ0v) is 19.8. The van der Waals surface area contributed by atoms with Crippen LogP contribution in [0.2, 0.25) is 0 Å². The van der Waals surface area contributed by atoms with Crippen molar-refractivity contribution < 1.29 is 9.90 Å². The Morgan fingerprint density at radius 1 is 0.926 bits per heavy atom. The molecule has 0 aliphatic heterocycles. The van der Waals surface area contributed by atoms with E-state index in [9.17, 15) is 4.79 Å². The van der Waals surface area contributed by atoms with Crippen molar-refractivity contribution in [3.8, 4) is 0 Å². The van der Waals surface area contributed by atoms with Crippen LogP contribution in [0.15, 0.2) is 40.3 Å². The Labute approximate surface area is 182 Å². The van der Waals surface area contributed by atoms with Gasteiger partial charge >= 0.3 is 5.97 Å². The Kier molecular flexibility index (Phi) is 16.7. The molecule has 0 unspecified atom stereocenters. The third kappa shape index (κ3) is 13.9. The molecule has 2 nitrogen and oxygen atoms in total. The zero-order chi connectivity index (χ0) is 20.5. The minimum Gasteiger partial charge on any atom is -0.478 e. The van der Waals surface area contributed by atoms with E-state index >= 15 is 0 Å². The molecule has 152 valence electrons. The second-order valence-electron chi connectivity index (χ2n) is 6.65. The van der Waals surface area contributed by atoms with Crippen LogP contribution in [0.25, 0.3) is 6.08 Å². The number of hydrogen-bond acceptors (Lipinski definition) is 1. The van der Waals surface area contributed by atoms with Gasteiger partial charge in [0.2, 0.25) is 0 Å². The summed E-state index contributed by atoms with van der Waals surface area (Å²) in [6.07, 6.45) is 17.8. The van der Waals surface area contributed by atoms with Crippen molar-refractivity contribution >= 4 is 43.9 Å². The number of hydrogen-bond donors (Lipinski definition) is 1. The lowest BCUT2D eigenvalue weighted by molar-refractivity contribution is -0.131. The van der Waals surface area contributed by atoms with Gasteiger partial charge in [-0.1, -0.05) is 116 Å². The van der Waals surface area contributed by atoms with Gasteiger partial charge in [0.15, 0.2) is 0 Å². The van der Waals surface area contributed by atoms with Gasteiger partial charge in [-0.2, -0.15) is 0 Å². The topological polar surface area (TPSA) is 37.3 Å². The Balaban J connectivity index is 0.00000119. The van der Waals surface area contributed by atoms with Gasteiger partial charge in [-0.3, -0.25) is 0 Å². The highest BCUT2D eigenvalue weighted by atomic mass is 79.9. The average Bonchev–Trinajstić information content (AvgIpc) is 2.63. The first-order valence-corrected chi connectivity index (χ1v) is 11.5. The van der Waals surface area contributed by atoms with Crippen LogP contribution < -0.4 is 0 Å². The number of aliphatic carboxylic acids is 1. The van der Waals surface area contributed by atoms with Gasteiger partial charge in [-0.25, -0.2) is 4.79 Å². The van der Waals surface area contributed by atoms with Crippen molar-refractivity contribution in [1.82, 2.24) is 0 Å². The van der Waals surface area contributed by atoms with E-state index in [1.807, 2.05) is 6.08 Å². The average molecular weight is 502 g/mol. The van der Waals surface area contributed by atoms with Gasteiger partial charge in [-0.15, -0.1) is 0 Å². The fourth-order valence-corrected chi connectivity index (χ4v) is 4.40. The lowest BCUT2D eigenvalue weighted by Gasteiger charge is -2.07. The van der Waals surface area contributed by atoms with Crippen molar-refractivity contribution in [2.24, 2.45) is 0 Å². The molecule has 0 saturated carbocycles. The molecule has 1 N–H and O–H groups in total. The Hall–Kier alpha value is -0.870. The molecule has 1 aromatic carbocycles. The monoisotopic (exact) mass is 500 g/mol. The normalized spacial score (nSPS) is 10.0. The summed E-state index contributed by atoms with van der Waals surface area (Å²) in [5.41, 5.74) is 2.55. The van der Waals surface area contributed by atoms with E-state index in [1.165, 1.54) is 76.2 Å².